The summed E-state index contributed by atoms with van der Waals surface area (Å²) in [6.07, 6.45) is 0.625. The number of hydrogen-bond donors (Lipinski definition) is 2. The van der Waals surface area contributed by atoms with Crippen molar-refractivity contribution >= 4 is 0 Å². The van der Waals surface area contributed by atoms with Gasteiger partial charge in [0.25, 0.3) is 0 Å². The Balaban J connectivity index is 1.91. The standard InChI is InChI=1S/C25H18O2/c26-24-20-15-18-13-7-8-14-19(18)23(20)25(27)22(17-11-5-2-6-12-17)21(24)16-9-3-1-4-10-16/h1-14,26-27H,15H2. The van der Waals surface area contributed by atoms with E-state index in [0.717, 1.165) is 33.4 Å². The third-order valence-electron chi connectivity index (χ3n) is 5.33. The molecule has 2 nitrogen and oxygen atoms in total. The monoisotopic (exact) mass is 350 g/mol. The Labute approximate surface area is 158 Å². The molecule has 0 amide bonds. The molecule has 0 unspecified atom stereocenters. The van der Waals surface area contributed by atoms with Gasteiger partial charge in [0.2, 0.25) is 0 Å². The molecule has 0 radical (unpaired) electrons. The van der Waals surface area contributed by atoms with Gasteiger partial charge in [-0.2, -0.15) is 0 Å². The predicted molar refractivity (Wildman–Crippen MR) is 109 cm³/mol. The molecule has 0 atom stereocenters. The molecule has 0 fully saturated rings. The second kappa shape index (κ2) is 6.03. The lowest BCUT2D eigenvalue weighted by atomic mass is 9.87. The summed E-state index contributed by atoms with van der Waals surface area (Å²) in [5, 5.41) is 22.7. The topological polar surface area (TPSA) is 40.5 Å². The lowest BCUT2D eigenvalue weighted by Crippen LogP contribution is -1.93. The number of phenolic OH excluding ortho intramolecular Hbond substituents is 2. The third-order valence-corrected chi connectivity index (χ3v) is 5.33. The summed E-state index contributed by atoms with van der Waals surface area (Å²) >= 11 is 0. The second-order valence-corrected chi connectivity index (χ2v) is 6.87. The van der Waals surface area contributed by atoms with Gasteiger partial charge in [-0.25, -0.2) is 0 Å². The van der Waals surface area contributed by atoms with Crippen molar-refractivity contribution in [3.8, 4) is 44.9 Å². The highest BCUT2D eigenvalue weighted by Gasteiger charge is 2.30. The molecular formula is C25H18O2. The summed E-state index contributed by atoms with van der Waals surface area (Å²) in [5.41, 5.74) is 6.81. The molecule has 130 valence electrons. The number of fused-ring (bicyclic) bond motifs is 3. The van der Waals surface area contributed by atoms with Crippen LogP contribution < -0.4 is 0 Å². The number of rotatable bonds is 2. The van der Waals surface area contributed by atoms with Crippen LogP contribution in [-0.2, 0) is 6.42 Å². The summed E-state index contributed by atoms with van der Waals surface area (Å²) < 4.78 is 0. The fourth-order valence-electron chi connectivity index (χ4n) is 4.12. The van der Waals surface area contributed by atoms with Crippen LogP contribution in [0.2, 0.25) is 0 Å². The largest absolute Gasteiger partial charge is 0.507 e. The fraction of sp³-hybridized carbons (Fsp3) is 0.0400. The van der Waals surface area contributed by atoms with Gasteiger partial charge in [-0.05, 0) is 22.3 Å². The van der Waals surface area contributed by atoms with Crippen LogP contribution in [0.4, 0.5) is 0 Å². The van der Waals surface area contributed by atoms with E-state index in [1.165, 1.54) is 0 Å². The van der Waals surface area contributed by atoms with Gasteiger partial charge in [-0.1, -0.05) is 84.9 Å². The zero-order valence-electron chi connectivity index (χ0n) is 14.7. The van der Waals surface area contributed by atoms with Gasteiger partial charge in [0, 0.05) is 28.7 Å². The van der Waals surface area contributed by atoms with Crippen LogP contribution in [-0.4, -0.2) is 10.2 Å². The van der Waals surface area contributed by atoms with E-state index in [1.54, 1.807) is 0 Å². The Morgan fingerprint density at radius 1 is 0.519 bits per heavy atom. The van der Waals surface area contributed by atoms with E-state index < -0.39 is 0 Å². The Hall–Kier alpha value is -3.52. The molecule has 27 heavy (non-hydrogen) atoms. The first-order chi connectivity index (χ1) is 13.3. The molecule has 2 heteroatoms. The number of benzene rings is 4. The SMILES string of the molecule is Oc1c2c(c(O)c(-c3ccccc3)c1-c1ccccc1)-c1ccccc1C2. The van der Waals surface area contributed by atoms with Gasteiger partial charge < -0.3 is 10.2 Å². The van der Waals surface area contributed by atoms with Crippen molar-refractivity contribution in [3.05, 3.63) is 96.1 Å². The Morgan fingerprint density at radius 3 is 1.67 bits per heavy atom. The van der Waals surface area contributed by atoms with Crippen LogP contribution in [0.3, 0.4) is 0 Å². The van der Waals surface area contributed by atoms with Crippen molar-refractivity contribution in [2.24, 2.45) is 0 Å². The molecule has 1 aliphatic rings. The van der Waals surface area contributed by atoms with Crippen LogP contribution in [0.5, 0.6) is 11.5 Å². The quantitative estimate of drug-likeness (QED) is 0.383. The van der Waals surface area contributed by atoms with Gasteiger partial charge in [-0.15, -0.1) is 0 Å². The first kappa shape index (κ1) is 15.7. The van der Waals surface area contributed by atoms with Crippen molar-refractivity contribution in [2.75, 3.05) is 0 Å². The normalized spacial score (nSPS) is 11.9. The summed E-state index contributed by atoms with van der Waals surface area (Å²) in [6, 6.07) is 27.6. The van der Waals surface area contributed by atoms with Gasteiger partial charge >= 0.3 is 0 Å². The maximum atomic E-state index is 11.4. The predicted octanol–water partition coefficient (Wildman–Crippen LogP) is 6.00. The first-order valence-corrected chi connectivity index (χ1v) is 9.05. The maximum Gasteiger partial charge on any atom is 0.132 e. The van der Waals surface area contributed by atoms with E-state index in [9.17, 15) is 10.2 Å². The summed E-state index contributed by atoms with van der Waals surface area (Å²) in [4.78, 5) is 0. The molecular weight excluding hydrogens is 332 g/mol. The van der Waals surface area contributed by atoms with Gasteiger partial charge in [0.05, 0.1) is 0 Å². The zero-order valence-corrected chi connectivity index (χ0v) is 14.7. The zero-order chi connectivity index (χ0) is 18.4. The van der Waals surface area contributed by atoms with Gasteiger partial charge in [0.15, 0.2) is 0 Å². The lowest BCUT2D eigenvalue weighted by Gasteiger charge is -2.19. The highest BCUT2D eigenvalue weighted by molar-refractivity contribution is 6.00. The van der Waals surface area contributed by atoms with Gasteiger partial charge in [-0.3, -0.25) is 0 Å². The maximum absolute atomic E-state index is 11.4. The molecule has 0 aromatic heterocycles. The van der Waals surface area contributed by atoms with Gasteiger partial charge in [0.1, 0.15) is 11.5 Å². The second-order valence-electron chi connectivity index (χ2n) is 6.87. The van der Waals surface area contributed by atoms with Crippen LogP contribution in [0.25, 0.3) is 33.4 Å². The minimum Gasteiger partial charge on any atom is -0.507 e. The summed E-state index contributed by atoms with van der Waals surface area (Å²) in [6.45, 7) is 0. The smallest absolute Gasteiger partial charge is 0.132 e. The van der Waals surface area contributed by atoms with Crippen molar-refractivity contribution in [1.82, 2.24) is 0 Å². The average Bonchev–Trinajstić information content (AvgIpc) is 3.12. The molecule has 0 heterocycles. The van der Waals surface area contributed by atoms with Crippen LogP contribution in [0.1, 0.15) is 11.1 Å². The Kier molecular flexibility index (Phi) is 3.51. The van der Waals surface area contributed by atoms with Crippen molar-refractivity contribution in [3.63, 3.8) is 0 Å². The lowest BCUT2D eigenvalue weighted by molar-refractivity contribution is 0.461. The van der Waals surface area contributed by atoms with Crippen molar-refractivity contribution in [2.45, 2.75) is 6.42 Å². The number of phenols is 2. The fourth-order valence-corrected chi connectivity index (χ4v) is 4.12. The van der Waals surface area contributed by atoms with Crippen LogP contribution >= 0.6 is 0 Å². The number of aromatic hydroxyl groups is 2. The molecule has 1 aliphatic carbocycles. The Bertz CT molecular complexity index is 1150. The number of hydrogen-bond acceptors (Lipinski definition) is 2. The van der Waals surface area contributed by atoms with E-state index in [1.807, 2.05) is 78.9 Å². The third kappa shape index (κ3) is 2.34. The summed E-state index contributed by atoms with van der Waals surface area (Å²) in [5.74, 6) is 0.488. The van der Waals surface area contributed by atoms with Crippen molar-refractivity contribution in [1.29, 1.82) is 0 Å². The molecule has 4 aromatic carbocycles. The van der Waals surface area contributed by atoms with Crippen LogP contribution in [0, 0.1) is 0 Å². The highest BCUT2D eigenvalue weighted by atomic mass is 16.3. The molecule has 0 spiro atoms. The Morgan fingerprint density at radius 2 is 1.04 bits per heavy atom. The molecule has 5 rings (SSSR count). The molecule has 0 aliphatic heterocycles. The van der Waals surface area contributed by atoms with E-state index in [2.05, 4.69) is 6.07 Å². The minimum absolute atomic E-state index is 0.234. The van der Waals surface area contributed by atoms with E-state index in [4.69, 9.17) is 0 Å². The van der Waals surface area contributed by atoms with E-state index >= 15 is 0 Å². The molecule has 2 N–H and O–H groups in total. The van der Waals surface area contributed by atoms with Crippen molar-refractivity contribution < 1.29 is 10.2 Å². The minimum atomic E-state index is 0.234. The summed E-state index contributed by atoms with van der Waals surface area (Å²) in [7, 11) is 0. The highest BCUT2D eigenvalue weighted by Crippen LogP contribution is 2.55. The van der Waals surface area contributed by atoms with Crippen LogP contribution in [0.15, 0.2) is 84.9 Å². The van der Waals surface area contributed by atoms with E-state index in [-0.39, 0.29) is 11.5 Å². The molecule has 4 aromatic rings. The van der Waals surface area contributed by atoms with E-state index in [0.29, 0.717) is 17.5 Å². The molecule has 0 saturated heterocycles. The average molecular weight is 350 g/mol. The molecule has 0 bridgehead atoms. The first-order valence-electron chi connectivity index (χ1n) is 9.05. The molecule has 0 saturated carbocycles.